The van der Waals surface area contributed by atoms with E-state index >= 15 is 0 Å². The van der Waals surface area contributed by atoms with Crippen molar-refractivity contribution in [1.29, 1.82) is 0 Å². The topological polar surface area (TPSA) is 35.2 Å². The molecule has 0 aromatic heterocycles. The first kappa shape index (κ1) is 13.5. The molecule has 1 aromatic carbocycles. The number of benzene rings is 1. The number of allylic oxidation sites excluding steroid dienone is 2. The van der Waals surface area contributed by atoms with Crippen LogP contribution in [0.3, 0.4) is 0 Å². The van der Waals surface area contributed by atoms with E-state index in [4.69, 9.17) is 10.5 Å². The third kappa shape index (κ3) is 5.36. The van der Waals surface area contributed by atoms with Gasteiger partial charge in [0.1, 0.15) is 6.61 Å². The van der Waals surface area contributed by atoms with Crippen molar-refractivity contribution in [1.82, 2.24) is 0 Å². The third-order valence-corrected chi connectivity index (χ3v) is 2.54. The van der Waals surface area contributed by atoms with Crippen LogP contribution in [0.1, 0.15) is 18.9 Å². The molecule has 2 N–H and O–H groups in total. The second-order valence-corrected chi connectivity index (χ2v) is 4.04. The predicted octanol–water partition coefficient (Wildman–Crippen LogP) is 3.26. The van der Waals surface area contributed by atoms with Crippen molar-refractivity contribution in [3.8, 4) is 0 Å². The molecule has 1 atom stereocenters. The summed E-state index contributed by atoms with van der Waals surface area (Å²) in [5.74, 6) is 1.12. The zero-order valence-electron chi connectivity index (χ0n) is 10.4. The lowest BCUT2D eigenvalue weighted by molar-refractivity contribution is 0.185. The number of nitrogens with two attached hydrogens (primary N) is 1. The molecule has 1 unspecified atom stereocenters. The summed E-state index contributed by atoms with van der Waals surface area (Å²) in [5.41, 5.74) is 6.82. The SMILES string of the molecule is C=C(CC(/C=C\C)CN)OCc1ccccc1. The maximum absolute atomic E-state index is 5.67. The van der Waals surface area contributed by atoms with Crippen molar-refractivity contribution in [3.63, 3.8) is 0 Å². The molecule has 0 saturated heterocycles. The zero-order chi connectivity index (χ0) is 12.5. The van der Waals surface area contributed by atoms with Crippen LogP contribution in [0, 0.1) is 5.92 Å². The van der Waals surface area contributed by atoms with Crippen molar-refractivity contribution in [2.24, 2.45) is 11.7 Å². The first-order valence-electron chi connectivity index (χ1n) is 5.93. The average Bonchev–Trinajstić information content (AvgIpc) is 2.37. The van der Waals surface area contributed by atoms with E-state index in [2.05, 4.69) is 12.7 Å². The van der Waals surface area contributed by atoms with Gasteiger partial charge in [0.15, 0.2) is 0 Å². The highest BCUT2D eigenvalue weighted by atomic mass is 16.5. The maximum atomic E-state index is 5.67. The summed E-state index contributed by atoms with van der Waals surface area (Å²) < 4.78 is 5.62. The fourth-order valence-corrected chi connectivity index (χ4v) is 1.61. The van der Waals surface area contributed by atoms with Gasteiger partial charge < -0.3 is 10.5 Å². The summed E-state index contributed by atoms with van der Waals surface area (Å²) in [6.07, 6.45) is 4.90. The molecule has 0 radical (unpaired) electrons. The Balaban J connectivity index is 2.35. The highest BCUT2D eigenvalue weighted by Gasteiger charge is 2.05. The van der Waals surface area contributed by atoms with Crippen LogP contribution >= 0.6 is 0 Å². The lowest BCUT2D eigenvalue weighted by Gasteiger charge is -2.13. The lowest BCUT2D eigenvalue weighted by Crippen LogP contribution is -2.13. The normalized spacial score (nSPS) is 12.6. The van der Waals surface area contributed by atoms with E-state index < -0.39 is 0 Å². The average molecular weight is 231 g/mol. The first-order valence-corrected chi connectivity index (χ1v) is 5.93. The third-order valence-electron chi connectivity index (χ3n) is 2.54. The summed E-state index contributed by atoms with van der Waals surface area (Å²) in [6, 6.07) is 10.1. The van der Waals surface area contributed by atoms with Crippen LogP contribution in [-0.4, -0.2) is 6.54 Å². The Bertz CT molecular complexity index is 356. The van der Waals surface area contributed by atoms with Gasteiger partial charge in [-0.25, -0.2) is 0 Å². The van der Waals surface area contributed by atoms with Gasteiger partial charge in [-0.1, -0.05) is 49.1 Å². The number of rotatable bonds is 7. The van der Waals surface area contributed by atoms with E-state index in [0.717, 1.165) is 17.7 Å². The molecule has 0 bridgehead atoms. The van der Waals surface area contributed by atoms with Crippen molar-refractivity contribution < 1.29 is 4.74 Å². The molecule has 0 aliphatic rings. The van der Waals surface area contributed by atoms with Crippen LogP contribution in [-0.2, 0) is 11.3 Å². The Kier molecular flexibility index (Phi) is 6.12. The van der Waals surface area contributed by atoms with E-state index in [1.54, 1.807) is 0 Å². The highest BCUT2D eigenvalue weighted by molar-refractivity contribution is 5.13. The molecule has 0 spiro atoms. The van der Waals surface area contributed by atoms with Gasteiger partial charge in [-0.05, 0) is 24.9 Å². The predicted molar refractivity (Wildman–Crippen MR) is 72.3 cm³/mol. The molecular formula is C15H21NO. The van der Waals surface area contributed by atoms with Crippen molar-refractivity contribution in [2.45, 2.75) is 20.0 Å². The van der Waals surface area contributed by atoms with E-state index in [1.807, 2.05) is 43.3 Å². The van der Waals surface area contributed by atoms with Crippen molar-refractivity contribution in [3.05, 3.63) is 60.4 Å². The fourth-order valence-electron chi connectivity index (χ4n) is 1.61. The van der Waals surface area contributed by atoms with Crippen LogP contribution in [0.5, 0.6) is 0 Å². The molecular weight excluding hydrogens is 210 g/mol. The first-order chi connectivity index (χ1) is 8.26. The van der Waals surface area contributed by atoms with Crippen LogP contribution in [0.4, 0.5) is 0 Å². The second kappa shape index (κ2) is 7.69. The van der Waals surface area contributed by atoms with Gasteiger partial charge in [-0.15, -0.1) is 0 Å². The molecule has 0 aliphatic heterocycles. The van der Waals surface area contributed by atoms with Gasteiger partial charge >= 0.3 is 0 Å². The van der Waals surface area contributed by atoms with E-state index in [-0.39, 0.29) is 0 Å². The Morgan fingerprint density at radius 2 is 2.12 bits per heavy atom. The molecule has 0 saturated carbocycles. The second-order valence-electron chi connectivity index (χ2n) is 4.04. The Morgan fingerprint density at radius 3 is 2.71 bits per heavy atom. The van der Waals surface area contributed by atoms with Gasteiger partial charge in [0, 0.05) is 6.42 Å². The molecule has 2 heteroatoms. The minimum Gasteiger partial charge on any atom is -0.494 e. The molecule has 0 aliphatic carbocycles. The molecule has 17 heavy (non-hydrogen) atoms. The number of hydrogen-bond donors (Lipinski definition) is 1. The molecule has 0 amide bonds. The van der Waals surface area contributed by atoms with Crippen LogP contribution in [0.25, 0.3) is 0 Å². The zero-order valence-corrected chi connectivity index (χ0v) is 10.4. The van der Waals surface area contributed by atoms with Gasteiger partial charge in [0.25, 0.3) is 0 Å². The van der Waals surface area contributed by atoms with Gasteiger partial charge in [0.2, 0.25) is 0 Å². The summed E-state index contributed by atoms with van der Waals surface area (Å²) in [5, 5.41) is 0. The van der Waals surface area contributed by atoms with Gasteiger partial charge in [0.05, 0.1) is 5.76 Å². The molecule has 1 rings (SSSR count). The van der Waals surface area contributed by atoms with Gasteiger partial charge in [-0.3, -0.25) is 0 Å². The highest BCUT2D eigenvalue weighted by Crippen LogP contribution is 2.14. The monoisotopic (exact) mass is 231 g/mol. The van der Waals surface area contributed by atoms with Gasteiger partial charge in [-0.2, -0.15) is 0 Å². The summed E-state index contributed by atoms with van der Waals surface area (Å²) in [7, 11) is 0. The molecule has 1 aromatic rings. The molecule has 2 nitrogen and oxygen atoms in total. The summed E-state index contributed by atoms with van der Waals surface area (Å²) in [4.78, 5) is 0. The number of hydrogen-bond acceptors (Lipinski definition) is 2. The largest absolute Gasteiger partial charge is 0.494 e. The van der Waals surface area contributed by atoms with E-state index in [1.165, 1.54) is 0 Å². The maximum Gasteiger partial charge on any atom is 0.113 e. The quantitative estimate of drug-likeness (QED) is 0.577. The summed E-state index contributed by atoms with van der Waals surface area (Å²) in [6.45, 7) is 7.12. The molecule has 0 heterocycles. The minimum absolute atomic E-state index is 0.322. The Labute approximate surface area is 104 Å². The van der Waals surface area contributed by atoms with E-state index in [9.17, 15) is 0 Å². The fraction of sp³-hybridized carbons (Fsp3) is 0.333. The number of ether oxygens (including phenoxy) is 1. The lowest BCUT2D eigenvalue weighted by atomic mass is 10.0. The van der Waals surface area contributed by atoms with Crippen LogP contribution < -0.4 is 5.73 Å². The molecule has 92 valence electrons. The van der Waals surface area contributed by atoms with Crippen LogP contribution in [0.2, 0.25) is 0 Å². The molecule has 0 fully saturated rings. The minimum atomic E-state index is 0.322. The van der Waals surface area contributed by atoms with E-state index in [0.29, 0.717) is 19.1 Å². The summed E-state index contributed by atoms with van der Waals surface area (Å²) >= 11 is 0. The standard InChI is InChI=1S/C15H21NO/c1-3-7-15(11-16)10-13(2)17-12-14-8-5-4-6-9-14/h3-9,15H,2,10-12,16H2,1H3/b7-3-. The Hall–Kier alpha value is -1.54. The van der Waals surface area contributed by atoms with Crippen molar-refractivity contribution >= 4 is 0 Å². The van der Waals surface area contributed by atoms with Crippen LogP contribution in [0.15, 0.2) is 54.8 Å². The smallest absolute Gasteiger partial charge is 0.113 e. The Morgan fingerprint density at radius 1 is 1.41 bits per heavy atom. The van der Waals surface area contributed by atoms with Crippen molar-refractivity contribution in [2.75, 3.05) is 6.54 Å².